The first-order valence-corrected chi connectivity index (χ1v) is 9.26. The normalized spacial score (nSPS) is 13.8. The van der Waals surface area contributed by atoms with Crippen molar-refractivity contribution >= 4 is 58.3 Å². The highest BCUT2D eigenvalue weighted by Gasteiger charge is 2.47. The van der Waals surface area contributed by atoms with Crippen molar-refractivity contribution in [2.75, 3.05) is 23.4 Å². The molecule has 0 atom stereocenters. The number of hydrogen-bond acceptors (Lipinski definition) is 5. The summed E-state index contributed by atoms with van der Waals surface area (Å²) in [7, 11) is 0. The Morgan fingerprint density at radius 3 is 2.48 bits per heavy atom. The number of carbonyl (C=O) groups excluding carboxylic acids is 4. The highest BCUT2D eigenvalue weighted by atomic mass is 35.5. The van der Waals surface area contributed by atoms with E-state index in [2.05, 4.69) is 5.32 Å². The summed E-state index contributed by atoms with van der Waals surface area (Å²) in [5.41, 5.74) is 0.339. The second kappa shape index (κ2) is 8.50. The van der Waals surface area contributed by atoms with Gasteiger partial charge in [-0.2, -0.15) is 0 Å². The molecule has 5 amide bonds. The van der Waals surface area contributed by atoms with Crippen LogP contribution in [-0.2, 0) is 14.4 Å². The van der Waals surface area contributed by atoms with Crippen LogP contribution < -0.4 is 15.0 Å². The molecule has 10 heteroatoms. The van der Waals surface area contributed by atoms with E-state index in [4.69, 9.17) is 27.9 Å². The van der Waals surface area contributed by atoms with Crippen molar-refractivity contribution in [3.05, 3.63) is 52.5 Å². The number of halogens is 2. The quantitative estimate of drug-likeness (QED) is 0.554. The summed E-state index contributed by atoms with van der Waals surface area (Å²) >= 11 is 11.9. The van der Waals surface area contributed by atoms with E-state index in [1.807, 2.05) is 0 Å². The molecular weight excluding hydrogens is 421 g/mol. The van der Waals surface area contributed by atoms with Gasteiger partial charge in [-0.05, 0) is 31.2 Å². The number of hydrogen-bond donors (Lipinski definition) is 1. The summed E-state index contributed by atoms with van der Waals surface area (Å²) in [6, 6.07) is 9.99. The molecule has 1 saturated heterocycles. The Hall–Kier alpha value is -3.10. The van der Waals surface area contributed by atoms with Gasteiger partial charge in [-0.15, -0.1) is 0 Å². The molecule has 2 aromatic rings. The Kier molecular flexibility index (Phi) is 6.05. The summed E-state index contributed by atoms with van der Waals surface area (Å²) in [6.45, 7) is 1.38. The Morgan fingerprint density at radius 1 is 1.03 bits per heavy atom. The van der Waals surface area contributed by atoms with E-state index in [9.17, 15) is 19.2 Å². The zero-order chi connectivity index (χ0) is 21.1. The number of nitrogens with one attached hydrogen (secondary N) is 1. The third-order valence-electron chi connectivity index (χ3n) is 3.99. The predicted octanol–water partition coefficient (Wildman–Crippen LogP) is 3.33. The van der Waals surface area contributed by atoms with Crippen LogP contribution in [0, 0.1) is 0 Å². The first-order valence-electron chi connectivity index (χ1n) is 8.50. The van der Waals surface area contributed by atoms with E-state index < -0.39 is 30.3 Å². The Balaban J connectivity index is 1.80. The van der Waals surface area contributed by atoms with Crippen molar-refractivity contribution in [3.8, 4) is 5.75 Å². The second-order valence-electron chi connectivity index (χ2n) is 5.86. The van der Waals surface area contributed by atoms with Crippen molar-refractivity contribution in [1.82, 2.24) is 4.90 Å². The molecule has 0 radical (unpaired) electrons. The lowest BCUT2D eigenvalue weighted by Gasteiger charge is -2.18. The number of urea groups is 1. The molecule has 1 heterocycles. The standard InChI is InChI=1S/C19H15Cl2N3O5/c1-2-29-14-9-4-3-8-13(14)24-18(27)17(26)23(19(24)28)10-15(25)22-12-7-5-6-11(20)16(12)21/h3-9H,2,10H2,1H3,(H,22,25). The van der Waals surface area contributed by atoms with Crippen LogP contribution >= 0.6 is 23.2 Å². The fraction of sp³-hybridized carbons (Fsp3) is 0.158. The van der Waals surface area contributed by atoms with Gasteiger partial charge >= 0.3 is 17.8 Å². The molecular formula is C19H15Cl2N3O5. The molecule has 2 aromatic carbocycles. The summed E-state index contributed by atoms with van der Waals surface area (Å²) in [6.07, 6.45) is 0. The molecule has 1 fully saturated rings. The number of ether oxygens (including phenoxy) is 1. The lowest BCUT2D eigenvalue weighted by Crippen LogP contribution is -2.39. The molecule has 0 aromatic heterocycles. The summed E-state index contributed by atoms with van der Waals surface area (Å²) in [4.78, 5) is 51.0. The molecule has 1 aliphatic heterocycles. The Morgan fingerprint density at radius 2 is 1.76 bits per heavy atom. The maximum absolute atomic E-state index is 12.7. The molecule has 0 aliphatic carbocycles. The van der Waals surface area contributed by atoms with Crippen LogP contribution in [0.25, 0.3) is 0 Å². The maximum Gasteiger partial charge on any atom is 0.339 e. The van der Waals surface area contributed by atoms with Crippen LogP contribution in [-0.4, -0.2) is 41.8 Å². The van der Waals surface area contributed by atoms with E-state index in [1.54, 1.807) is 37.3 Å². The van der Waals surface area contributed by atoms with Gasteiger partial charge in [-0.25, -0.2) is 14.6 Å². The SMILES string of the molecule is CCOc1ccccc1N1C(=O)C(=O)N(CC(=O)Nc2cccc(Cl)c2Cl)C1=O. The van der Waals surface area contributed by atoms with Gasteiger partial charge in [-0.1, -0.05) is 41.4 Å². The summed E-state index contributed by atoms with van der Waals surface area (Å²) in [5.74, 6) is -2.64. The minimum Gasteiger partial charge on any atom is -0.492 e. The predicted molar refractivity (Wildman–Crippen MR) is 107 cm³/mol. The molecule has 29 heavy (non-hydrogen) atoms. The van der Waals surface area contributed by atoms with Crippen LogP contribution in [0.1, 0.15) is 6.92 Å². The number of amides is 5. The van der Waals surface area contributed by atoms with Crippen molar-refractivity contribution in [1.29, 1.82) is 0 Å². The van der Waals surface area contributed by atoms with Crippen LogP contribution in [0.5, 0.6) is 5.75 Å². The van der Waals surface area contributed by atoms with Crippen LogP contribution in [0.4, 0.5) is 16.2 Å². The molecule has 8 nitrogen and oxygen atoms in total. The average Bonchev–Trinajstić information content (AvgIpc) is 2.90. The number of carbonyl (C=O) groups is 4. The zero-order valence-electron chi connectivity index (χ0n) is 15.1. The molecule has 3 rings (SSSR count). The average molecular weight is 436 g/mol. The molecule has 1 N–H and O–H groups in total. The van der Waals surface area contributed by atoms with Gasteiger partial charge in [0.1, 0.15) is 12.3 Å². The molecule has 0 spiro atoms. The minimum absolute atomic E-state index is 0.116. The van der Waals surface area contributed by atoms with E-state index in [1.165, 1.54) is 12.1 Å². The number of nitrogens with zero attached hydrogens (tertiary/aromatic N) is 2. The van der Waals surface area contributed by atoms with E-state index in [0.29, 0.717) is 16.4 Å². The zero-order valence-corrected chi connectivity index (χ0v) is 16.7. The van der Waals surface area contributed by atoms with Gasteiger partial charge in [0.15, 0.2) is 0 Å². The molecule has 150 valence electrons. The number of imide groups is 2. The highest BCUT2D eigenvalue weighted by Crippen LogP contribution is 2.32. The third kappa shape index (κ3) is 4.03. The number of anilines is 2. The first-order chi connectivity index (χ1) is 13.8. The van der Waals surface area contributed by atoms with Gasteiger partial charge in [0.25, 0.3) is 0 Å². The fourth-order valence-corrected chi connectivity index (χ4v) is 3.06. The van der Waals surface area contributed by atoms with Crippen LogP contribution in [0.15, 0.2) is 42.5 Å². The number of benzene rings is 2. The van der Waals surface area contributed by atoms with Crippen molar-refractivity contribution in [2.45, 2.75) is 6.92 Å². The maximum atomic E-state index is 12.7. The smallest absolute Gasteiger partial charge is 0.339 e. The fourth-order valence-electron chi connectivity index (χ4n) is 2.71. The van der Waals surface area contributed by atoms with Crippen LogP contribution in [0.2, 0.25) is 10.0 Å². The van der Waals surface area contributed by atoms with E-state index in [0.717, 1.165) is 0 Å². The van der Waals surface area contributed by atoms with E-state index >= 15 is 0 Å². The van der Waals surface area contributed by atoms with Crippen molar-refractivity contribution in [3.63, 3.8) is 0 Å². The summed E-state index contributed by atoms with van der Waals surface area (Å²) in [5, 5.41) is 2.81. The summed E-state index contributed by atoms with van der Waals surface area (Å²) < 4.78 is 5.42. The largest absolute Gasteiger partial charge is 0.492 e. The lowest BCUT2D eigenvalue weighted by atomic mass is 10.2. The molecule has 0 bridgehead atoms. The first kappa shape index (κ1) is 20.6. The van der Waals surface area contributed by atoms with Gasteiger partial charge in [0, 0.05) is 0 Å². The Labute approximate surface area is 175 Å². The highest BCUT2D eigenvalue weighted by molar-refractivity contribution is 6.53. The third-order valence-corrected chi connectivity index (χ3v) is 4.81. The number of rotatable bonds is 6. The minimum atomic E-state index is -1.12. The second-order valence-corrected chi connectivity index (χ2v) is 6.65. The molecule has 0 saturated carbocycles. The number of para-hydroxylation sites is 2. The van der Waals surface area contributed by atoms with Crippen molar-refractivity contribution in [2.24, 2.45) is 0 Å². The molecule has 1 aliphatic rings. The van der Waals surface area contributed by atoms with E-state index in [-0.39, 0.29) is 27.2 Å². The van der Waals surface area contributed by atoms with Crippen LogP contribution in [0.3, 0.4) is 0 Å². The van der Waals surface area contributed by atoms with Gasteiger partial charge < -0.3 is 10.1 Å². The Bertz CT molecular complexity index is 1010. The van der Waals surface area contributed by atoms with Crippen molar-refractivity contribution < 1.29 is 23.9 Å². The monoisotopic (exact) mass is 435 g/mol. The molecule has 0 unspecified atom stereocenters. The van der Waals surface area contributed by atoms with Gasteiger partial charge in [0.2, 0.25) is 5.91 Å². The lowest BCUT2D eigenvalue weighted by molar-refractivity contribution is -0.140. The van der Waals surface area contributed by atoms with Gasteiger partial charge in [0.05, 0.1) is 28.0 Å². The van der Waals surface area contributed by atoms with Gasteiger partial charge in [-0.3, -0.25) is 14.4 Å². The topological polar surface area (TPSA) is 96.0 Å².